The number of aliphatic carboxylic acids is 1. The second-order valence-electron chi connectivity index (χ2n) is 10.4. The molecule has 210 valence electrons. The number of carboxylic acid groups (broad SMARTS) is 1. The van der Waals surface area contributed by atoms with Gasteiger partial charge in [-0.25, -0.2) is 9.59 Å². The summed E-state index contributed by atoms with van der Waals surface area (Å²) in [5.74, 6) is -1.87. The average molecular weight is 545 g/mol. The molecule has 4 rings (SSSR count). The number of amides is 2. The van der Waals surface area contributed by atoms with Crippen LogP contribution in [0.2, 0.25) is 0 Å². The molecule has 0 radical (unpaired) electrons. The van der Waals surface area contributed by atoms with Gasteiger partial charge in [0.15, 0.2) is 6.04 Å². The summed E-state index contributed by atoms with van der Waals surface area (Å²) >= 11 is 0. The van der Waals surface area contributed by atoms with Crippen molar-refractivity contribution >= 4 is 18.0 Å². The first-order valence-electron chi connectivity index (χ1n) is 13.5. The molecule has 0 fully saturated rings. The first-order chi connectivity index (χ1) is 19.2. The van der Waals surface area contributed by atoms with E-state index < -0.39 is 36.2 Å². The lowest BCUT2D eigenvalue weighted by Crippen LogP contribution is -2.51. The Kier molecular flexibility index (Phi) is 9.56. The number of hydrogen-bond donors (Lipinski definition) is 3. The monoisotopic (exact) mass is 544 g/mol. The Balaban J connectivity index is 1.31. The van der Waals surface area contributed by atoms with Crippen molar-refractivity contribution < 1.29 is 29.0 Å². The average Bonchev–Trinajstić information content (AvgIpc) is 3.27. The molecule has 0 bridgehead atoms. The van der Waals surface area contributed by atoms with E-state index in [2.05, 4.69) is 22.8 Å². The van der Waals surface area contributed by atoms with E-state index in [1.807, 2.05) is 80.6 Å². The number of hydrogen-bond acceptors (Lipinski definition) is 5. The van der Waals surface area contributed by atoms with Gasteiger partial charge in [-0.2, -0.15) is 0 Å². The van der Waals surface area contributed by atoms with E-state index in [4.69, 9.17) is 9.47 Å². The van der Waals surface area contributed by atoms with Crippen LogP contribution in [0.3, 0.4) is 0 Å². The molecule has 0 saturated heterocycles. The maximum Gasteiger partial charge on any atom is 0.407 e. The Morgan fingerprint density at radius 1 is 0.825 bits per heavy atom. The molecule has 0 aliphatic heterocycles. The smallest absolute Gasteiger partial charge is 0.407 e. The zero-order valence-corrected chi connectivity index (χ0v) is 23.0. The topological polar surface area (TPSA) is 114 Å². The number of rotatable bonds is 12. The second kappa shape index (κ2) is 13.3. The van der Waals surface area contributed by atoms with Crippen molar-refractivity contribution in [3.8, 4) is 11.1 Å². The van der Waals surface area contributed by atoms with Gasteiger partial charge in [0.1, 0.15) is 6.61 Å². The van der Waals surface area contributed by atoms with Gasteiger partial charge in [-0.05, 0) is 40.7 Å². The zero-order chi connectivity index (χ0) is 28.6. The number of fused-ring (bicyclic) bond motifs is 3. The fourth-order valence-corrected chi connectivity index (χ4v) is 4.95. The van der Waals surface area contributed by atoms with Crippen LogP contribution >= 0.6 is 0 Å². The summed E-state index contributed by atoms with van der Waals surface area (Å²) in [6.45, 7) is 5.74. The van der Waals surface area contributed by atoms with Crippen LogP contribution in [0.15, 0.2) is 78.9 Å². The van der Waals surface area contributed by atoms with Gasteiger partial charge in [0.2, 0.25) is 5.91 Å². The maximum absolute atomic E-state index is 12.9. The van der Waals surface area contributed by atoms with E-state index in [1.54, 1.807) is 6.92 Å². The molecule has 40 heavy (non-hydrogen) atoms. The van der Waals surface area contributed by atoms with Crippen LogP contribution in [0.25, 0.3) is 11.1 Å². The number of alkyl carbamates (subject to hydrolysis) is 1. The molecule has 3 aromatic rings. The maximum atomic E-state index is 12.9. The van der Waals surface area contributed by atoms with E-state index >= 15 is 0 Å². The molecule has 0 spiro atoms. The second-order valence-corrected chi connectivity index (χ2v) is 10.4. The standard InChI is InChI=1S/C32H36N2O6/c1-20(2)28(17-29(35)34-30(31(36)37)21(3)39-18-22-11-5-4-6-12-22)33-32(38)40-19-27-25-15-9-7-13-23(25)24-14-8-10-16-26(24)27/h4-16,20-21,27-28,30H,17-19H2,1-3H3,(H,33,38)(H,34,35)(H,36,37)/t21-,28-,30+/m1/s1. The minimum Gasteiger partial charge on any atom is -0.480 e. The third-order valence-electron chi connectivity index (χ3n) is 7.26. The summed E-state index contributed by atoms with van der Waals surface area (Å²) in [6.07, 6.45) is -1.49. The molecule has 0 unspecified atom stereocenters. The number of carboxylic acids is 1. The molecule has 3 atom stereocenters. The first-order valence-corrected chi connectivity index (χ1v) is 13.5. The third kappa shape index (κ3) is 7.07. The summed E-state index contributed by atoms with van der Waals surface area (Å²) < 4.78 is 11.4. The zero-order valence-electron chi connectivity index (χ0n) is 23.0. The molecule has 8 heteroatoms. The highest BCUT2D eigenvalue weighted by atomic mass is 16.5. The molecular formula is C32H36N2O6. The largest absolute Gasteiger partial charge is 0.480 e. The fraction of sp³-hybridized carbons (Fsp3) is 0.344. The van der Waals surface area contributed by atoms with Crippen LogP contribution in [-0.4, -0.2) is 47.9 Å². The summed E-state index contributed by atoms with van der Waals surface area (Å²) in [6, 6.07) is 23.8. The Morgan fingerprint density at radius 2 is 1.40 bits per heavy atom. The van der Waals surface area contributed by atoms with Gasteiger partial charge in [0.05, 0.1) is 12.7 Å². The van der Waals surface area contributed by atoms with E-state index in [1.165, 1.54) is 0 Å². The lowest BCUT2D eigenvalue weighted by Gasteiger charge is -2.25. The lowest BCUT2D eigenvalue weighted by atomic mass is 9.98. The third-order valence-corrected chi connectivity index (χ3v) is 7.26. The first kappa shape index (κ1) is 28.8. The summed E-state index contributed by atoms with van der Waals surface area (Å²) in [7, 11) is 0. The van der Waals surface area contributed by atoms with Crippen LogP contribution in [0.4, 0.5) is 4.79 Å². The van der Waals surface area contributed by atoms with Gasteiger partial charge in [0.25, 0.3) is 0 Å². The number of ether oxygens (including phenoxy) is 2. The molecule has 2 amide bonds. The van der Waals surface area contributed by atoms with Crippen molar-refractivity contribution in [2.45, 2.75) is 57.9 Å². The number of nitrogens with one attached hydrogen (secondary N) is 2. The van der Waals surface area contributed by atoms with Crippen LogP contribution in [0.1, 0.15) is 49.8 Å². The fourth-order valence-electron chi connectivity index (χ4n) is 4.95. The van der Waals surface area contributed by atoms with Crippen molar-refractivity contribution in [3.63, 3.8) is 0 Å². The van der Waals surface area contributed by atoms with Gasteiger partial charge < -0.3 is 25.2 Å². The minimum atomic E-state index is -1.24. The molecule has 0 heterocycles. The van der Waals surface area contributed by atoms with Gasteiger partial charge in [-0.15, -0.1) is 0 Å². The molecule has 8 nitrogen and oxygen atoms in total. The van der Waals surface area contributed by atoms with Crippen molar-refractivity contribution in [1.29, 1.82) is 0 Å². The highest BCUT2D eigenvalue weighted by Crippen LogP contribution is 2.44. The van der Waals surface area contributed by atoms with Gasteiger partial charge in [-0.1, -0.05) is 92.7 Å². The molecule has 0 aromatic heterocycles. The SMILES string of the molecule is CC(C)[C@@H](CC(=O)N[C@H](C(=O)O)[C@@H](C)OCc1ccccc1)NC(=O)OCC1c2ccccc2-c2ccccc21. The Hall–Kier alpha value is -4.17. The summed E-state index contributed by atoms with van der Waals surface area (Å²) in [4.78, 5) is 37.5. The molecule has 0 saturated carbocycles. The van der Waals surface area contributed by atoms with Crippen LogP contribution < -0.4 is 10.6 Å². The van der Waals surface area contributed by atoms with Crippen molar-refractivity contribution in [1.82, 2.24) is 10.6 Å². The molecule has 1 aliphatic carbocycles. The molecule has 3 aromatic carbocycles. The highest BCUT2D eigenvalue weighted by Gasteiger charge is 2.31. The Bertz CT molecular complexity index is 1280. The van der Waals surface area contributed by atoms with Crippen molar-refractivity contribution in [3.05, 3.63) is 95.6 Å². The minimum absolute atomic E-state index is 0.0763. The van der Waals surface area contributed by atoms with Gasteiger partial charge in [-0.3, -0.25) is 4.79 Å². The summed E-state index contributed by atoms with van der Waals surface area (Å²) in [5.41, 5.74) is 5.40. The van der Waals surface area contributed by atoms with Crippen LogP contribution in [0, 0.1) is 5.92 Å². The molecular weight excluding hydrogens is 508 g/mol. The lowest BCUT2D eigenvalue weighted by molar-refractivity contribution is -0.146. The number of carbonyl (C=O) groups is 3. The van der Waals surface area contributed by atoms with Crippen molar-refractivity contribution in [2.75, 3.05) is 6.61 Å². The Labute approximate surface area is 234 Å². The van der Waals surface area contributed by atoms with Crippen LogP contribution in [0.5, 0.6) is 0 Å². The van der Waals surface area contributed by atoms with Crippen LogP contribution in [-0.2, 0) is 25.7 Å². The normalized spacial score (nSPS) is 14.5. The molecule has 3 N–H and O–H groups in total. The Morgan fingerprint density at radius 3 is 1.98 bits per heavy atom. The quantitative estimate of drug-likeness (QED) is 0.292. The van der Waals surface area contributed by atoms with Gasteiger partial charge >= 0.3 is 12.1 Å². The predicted molar refractivity (Wildman–Crippen MR) is 152 cm³/mol. The highest BCUT2D eigenvalue weighted by molar-refractivity contribution is 5.84. The molecule has 1 aliphatic rings. The van der Waals surface area contributed by atoms with Crippen molar-refractivity contribution in [2.24, 2.45) is 5.92 Å². The van der Waals surface area contributed by atoms with E-state index in [9.17, 15) is 19.5 Å². The van der Waals surface area contributed by atoms with E-state index in [0.29, 0.717) is 0 Å². The predicted octanol–water partition coefficient (Wildman–Crippen LogP) is 5.11. The number of benzene rings is 3. The van der Waals surface area contributed by atoms with Gasteiger partial charge in [0, 0.05) is 18.4 Å². The van der Waals surface area contributed by atoms with E-state index in [-0.39, 0.29) is 31.5 Å². The number of carbonyl (C=O) groups excluding carboxylic acids is 2. The summed E-state index contributed by atoms with van der Waals surface area (Å²) in [5, 5.41) is 15.1. The van der Waals surface area contributed by atoms with E-state index in [0.717, 1.165) is 27.8 Å².